The zero-order chi connectivity index (χ0) is 14.8. The van der Waals surface area contributed by atoms with Crippen LogP contribution < -0.4 is 5.32 Å². The predicted molar refractivity (Wildman–Crippen MR) is 78.4 cm³/mol. The van der Waals surface area contributed by atoms with Crippen molar-refractivity contribution in [1.82, 2.24) is 15.1 Å². The van der Waals surface area contributed by atoms with Crippen LogP contribution in [0, 0.1) is 6.92 Å². The van der Waals surface area contributed by atoms with Crippen molar-refractivity contribution < 1.29 is 9.21 Å². The molecule has 5 heteroatoms. The molecule has 0 bridgehead atoms. The van der Waals surface area contributed by atoms with Crippen molar-refractivity contribution >= 4 is 5.91 Å². The molecule has 0 atom stereocenters. The molecule has 1 fully saturated rings. The Kier molecular flexibility index (Phi) is 4.50. The quantitative estimate of drug-likeness (QED) is 0.900. The van der Waals surface area contributed by atoms with E-state index in [1.165, 1.54) is 0 Å². The van der Waals surface area contributed by atoms with Crippen LogP contribution in [0.2, 0.25) is 0 Å². The summed E-state index contributed by atoms with van der Waals surface area (Å²) in [5.74, 6) is 1.84. The van der Waals surface area contributed by atoms with Gasteiger partial charge in [-0.25, -0.2) is 0 Å². The molecule has 0 unspecified atom stereocenters. The van der Waals surface area contributed by atoms with Crippen LogP contribution in [0.1, 0.15) is 25.4 Å². The van der Waals surface area contributed by atoms with Crippen molar-refractivity contribution in [3.8, 4) is 0 Å². The van der Waals surface area contributed by atoms with Gasteiger partial charge < -0.3 is 14.6 Å². The first-order chi connectivity index (χ1) is 9.41. The van der Waals surface area contributed by atoms with Crippen LogP contribution in [0.3, 0.4) is 0 Å². The van der Waals surface area contributed by atoms with Gasteiger partial charge in [0.05, 0.1) is 12.1 Å². The van der Waals surface area contributed by atoms with Gasteiger partial charge in [0.1, 0.15) is 11.5 Å². The van der Waals surface area contributed by atoms with E-state index in [0.717, 1.165) is 37.7 Å². The summed E-state index contributed by atoms with van der Waals surface area (Å²) < 4.78 is 5.54. The average molecular weight is 279 g/mol. The van der Waals surface area contributed by atoms with Gasteiger partial charge in [0.25, 0.3) is 0 Å². The van der Waals surface area contributed by atoms with E-state index in [9.17, 15) is 4.79 Å². The largest absolute Gasteiger partial charge is 0.464 e. The Labute approximate surface area is 120 Å². The lowest BCUT2D eigenvalue weighted by Crippen LogP contribution is -2.60. The second-order valence-corrected chi connectivity index (χ2v) is 5.97. The van der Waals surface area contributed by atoms with Crippen LogP contribution in [0.25, 0.3) is 0 Å². The number of nitrogens with one attached hydrogen (secondary N) is 1. The Bertz CT molecular complexity index is 461. The molecule has 1 saturated heterocycles. The number of carbonyl (C=O) groups is 1. The first-order valence-corrected chi connectivity index (χ1v) is 7.18. The summed E-state index contributed by atoms with van der Waals surface area (Å²) in [6.07, 6.45) is 0. The Balaban J connectivity index is 2.00. The highest BCUT2D eigenvalue weighted by Gasteiger charge is 2.37. The van der Waals surface area contributed by atoms with Crippen molar-refractivity contribution in [2.45, 2.75) is 32.9 Å². The van der Waals surface area contributed by atoms with Gasteiger partial charge in [0, 0.05) is 33.2 Å². The molecule has 112 valence electrons. The summed E-state index contributed by atoms with van der Waals surface area (Å²) in [5, 5.41) is 3.32. The molecule has 1 aliphatic rings. The summed E-state index contributed by atoms with van der Waals surface area (Å²) >= 11 is 0. The minimum atomic E-state index is -0.474. The minimum absolute atomic E-state index is 0.133. The van der Waals surface area contributed by atoms with Gasteiger partial charge in [0.15, 0.2) is 0 Å². The highest BCUT2D eigenvalue weighted by atomic mass is 16.3. The van der Waals surface area contributed by atoms with Gasteiger partial charge in [0.2, 0.25) is 5.91 Å². The molecular formula is C15H25N3O2. The molecule has 0 aliphatic carbocycles. The standard InChI is InChI=1S/C15H25N3O2/c1-12-5-6-13(20-12)11-17(4)14(19)15(2,3)18-9-7-16-8-10-18/h5-6,16H,7-11H2,1-4H3. The summed E-state index contributed by atoms with van der Waals surface area (Å²) in [7, 11) is 1.84. The molecule has 0 radical (unpaired) electrons. The fraction of sp³-hybridized carbons (Fsp3) is 0.667. The molecule has 1 aliphatic heterocycles. The number of nitrogens with zero attached hydrogens (tertiary/aromatic N) is 2. The first kappa shape index (κ1) is 15.1. The molecule has 1 N–H and O–H groups in total. The van der Waals surface area contributed by atoms with E-state index in [1.54, 1.807) is 4.90 Å². The fourth-order valence-electron chi connectivity index (χ4n) is 2.70. The second-order valence-electron chi connectivity index (χ2n) is 5.97. The van der Waals surface area contributed by atoms with Gasteiger partial charge in [-0.15, -0.1) is 0 Å². The van der Waals surface area contributed by atoms with Crippen LogP contribution in [0.5, 0.6) is 0 Å². The summed E-state index contributed by atoms with van der Waals surface area (Å²) in [4.78, 5) is 16.7. The summed E-state index contributed by atoms with van der Waals surface area (Å²) in [6, 6.07) is 3.85. The highest BCUT2D eigenvalue weighted by Crippen LogP contribution is 2.19. The van der Waals surface area contributed by atoms with Gasteiger partial charge in [-0.2, -0.15) is 0 Å². The van der Waals surface area contributed by atoms with E-state index in [0.29, 0.717) is 6.54 Å². The zero-order valence-corrected chi connectivity index (χ0v) is 12.9. The van der Waals surface area contributed by atoms with Gasteiger partial charge in [-0.1, -0.05) is 0 Å². The van der Waals surface area contributed by atoms with E-state index >= 15 is 0 Å². The lowest BCUT2D eigenvalue weighted by molar-refractivity contribution is -0.142. The maximum atomic E-state index is 12.7. The molecular weight excluding hydrogens is 254 g/mol. The SMILES string of the molecule is Cc1ccc(CN(C)C(=O)C(C)(C)N2CCNCC2)o1. The number of hydrogen-bond donors (Lipinski definition) is 1. The lowest BCUT2D eigenvalue weighted by atomic mass is 9.99. The molecule has 0 spiro atoms. The Morgan fingerprint density at radius 2 is 2.05 bits per heavy atom. The Hall–Kier alpha value is -1.33. The summed E-state index contributed by atoms with van der Waals surface area (Å²) in [5.41, 5.74) is -0.474. The van der Waals surface area contributed by atoms with Gasteiger partial charge in [-0.05, 0) is 32.9 Å². The smallest absolute Gasteiger partial charge is 0.242 e. The topological polar surface area (TPSA) is 48.7 Å². The summed E-state index contributed by atoms with van der Waals surface area (Å²) in [6.45, 7) is 10.1. The van der Waals surface area contributed by atoms with E-state index in [2.05, 4.69) is 10.2 Å². The number of aryl methyl sites for hydroxylation is 1. The number of piperazine rings is 1. The van der Waals surface area contributed by atoms with Crippen molar-refractivity contribution in [3.63, 3.8) is 0 Å². The van der Waals surface area contributed by atoms with Crippen LogP contribution in [0.4, 0.5) is 0 Å². The first-order valence-electron chi connectivity index (χ1n) is 7.18. The van der Waals surface area contributed by atoms with E-state index < -0.39 is 5.54 Å². The number of likely N-dealkylation sites (N-methyl/N-ethyl adjacent to an activating group) is 1. The third-order valence-electron chi connectivity index (χ3n) is 3.97. The molecule has 5 nitrogen and oxygen atoms in total. The predicted octanol–water partition coefficient (Wildman–Crippen LogP) is 1.23. The third kappa shape index (κ3) is 3.22. The minimum Gasteiger partial charge on any atom is -0.464 e. The van der Waals surface area contributed by atoms with E-state index in [1.807, 2.05) is 40.0 Å². The molecule has 20 heavy (non-hydrogen) atoms. The number of amides is 1. The van der Waals surface area contributed by atoms with Crippen LogP contribution in [-0.2, 0) is 11.3 Å². The van der Waals surface area contributed by atoms with Gasteiger partial charge in [-0.3, -0.25) is 9.69 Å². The molecule has 2 rings (SSSR count). The normalized spacial score (nSPS) is 17.2. The van der Waals surface area contributed by atoms with E-state index in [-0.39, 0.29) is 5.91 Å². The van der Waals surface area contributed by atoms with Crippen LogP contribution >= 0.6 is 0 Å². The van der Waals surface area contributed by atoms with Crippen molar-refractivity contribution in [3.05, 3.63) is 23.7 Å². The average Bonchev–Trinajstić information content (AvgIpc) is 2.84. The molecule has 1 amide bonds. The lowest BCUT2D eigenvalue weighted by Gasteiger charge is -2.41. The molecule has 1 aromatic rings. The maximum absolute atomic E-state index is 12.7. The Morgan fingerprint density at radius 3 is 2.60 bits per heavy atom. The number of carbonyl (C=O) groups excluding carboxylic acids is 1. The zero-order valence-electron chi connectivity index (χ0n) is 12.9. The maximum Gasteiger partial charge on any atom is 0.242 e. The second kappa shape index (κ2) is 5.97. The van der Waals surface area contributed by atoms with E-state index in [4.69, 9.17) is 4.42 Å². The molecule has 0 saturated carbocycles. The number of rotatable bonds is 4. The van der Waals surface area contributed by atoms with Crippen molar-refractivity contribution in [2.75, 3.05) is 33.2 Å². The van der Waals surface area contributed by atoms with Crippen LogP contribution in [-0.4, -0.2) is 54.5 Å². The van der Waals surface area contributed by atoms with Crippen molar-refractivity contribution in [2.24, 2.45) is 0 Å². The monoisotopic (exact) mass is 279 g/mol. The molecule has 1 aromatic heterocycles. The molecule has 0 aromatic carbocycles. The number of hydrogen-bond acceptors (Lipinski definition) is 4. The highest BCUT2D eigenvalue weighted by molar-refractivity contribution is 5.85. The Morgan fingerprint density at radius 1 is 1.40 bits per heavy atom. The molecule has 2 heterocycles. The van der Waals surface area contributed by atoms with Gasteiger partial charge >= 0.3 is 0 Å². The third-order valence-corrected chi connectivity index (χ3v) is 3.97. The van der Waals surface area contributed by atoms with Crippen molar-refractivity contribution in [1.29, 1.82) is 0 Å². The number of furan rings is 1. The van der Waals surface area contributed by atoms with Crippen LogP contribution in [0.15, 0.2) is 16.5 Å². The fourth-order valence-corrected chi connectivity index (χ4v) is 2.70.